The molecule has 1 amide bonds. The molecule has 1 heterocycles. The number of likely N-dealkylation sites (tertiary alicyclic amines) is 1. The Labute approximate surface area is 98.1 Å². The summed E-state index contributed by atoms with van der Waals surface area (Å²) >= 11 is 0. The number of amides is 1. The van der Waals surface area contributed by atoms with Gasteiger partial charge in [0, 0.05) is 19.6 Å². The fourth-order valence-corrected chi connectivity index (χ4v) is 1.61. The molecule has 4 nitrogen and oxygen atoms in total. The van der Waals surface area contributed by atoms with E-state index in [-0.39, 0.29) is 25.6 Å². The minimum Gasteiger partial charge on any atom is -0.371 e. The first-order valence-electron chi connectivity index (χ1n) is 5.62. The maximum atomic E-state index is 11.7. The molecule has 0 spiro atoms. The van der Waals surface area contributed by atoms with Gasteiger partial charge in [-0.3, -0.25) is 4.79 Å². The van der Waals surface area contributed by atoms with Gasteiger partial charge >= 0.3 is 6.18 Å². The van der Waals surface area contributed by atoms with Crippen molar-refractivity contribution in [3.63, 3.8) is 0 Å². The molecular formula is C10H17F3N2O2. The van der Waals surface area contributed by atoms with Gasteiger partial charge < -0.3 is 15.0 Å². The Morgan fingerprint density at radius 2 is 1.94 bits per heavy atom. The van der Waals surface area contributed by atoms with Crippen LogP contribution in [0.3, 0.4) is 0 Å². The average molecular weight is 254 g/mol. The first-order chi connectivity index (χ1) is 7.99. The lowest BCUT2D eigenvalue weighted by molar-refractivity contribution is -0.173. The Morgan fingerprint density at radius 3 is 2.53 bits per heavy atom. The van der Waals surface area contributed by atoms with E-state index in [9.17, 15) is 18.0 Å². The van der Waals surface area contributed by atoms with Crippen LogP contribution in [0.4, 0.5) is 13.2 Å². The third-order valence-corrected chi connectivity index (χ3v) is 2.42. The smallest absolute Gasteiger partial charge is 0.371 e. The van der Waals surface area contributed by atoms with Gasteiger partial charge in [-0.1, -0.05) is 0 Å². The van der Waals surface area contributed by atoms with Crippen molar-refractivity contribution < 1.29 is 22.7 Å². The van der Waals surface area contributed by atoms with E-state index in [0.717, 1.165) is 25.9 Å². The number of alkyl halides is 3. The van der Waals surface area contributed by atoms with Gasteiger partial charge in [-0.25, -0.2) is 0 Å². The molecule has 1 saturated heterocycles. The van der Waals surface area contributed by atoms with Crippen LogP contribution in [0.1, 0.15) is 12.8 Å². The van der Waals surface area contributed by atoms with Gasteiger partial charge in [0.15, 0.2) is 0 Å². The van der Waals surface area contributed by atoms with Gasteiger partial charge in [0.2, 0.25) is 5.91 Å². The predicted molar refractivity (Wildman–Crippen MR) is 55.6 cm³/mol. The lowest BCUT2D eigenvalue weighted by Gasteiger charge is -2.15. The maximum absolute atomic E-state index is 11.7. The standard InChI is InChI=1S/C10H17F3N2O2/c11-10(12,13)8-17-6-3-14-7-9(16)15-4-1-2-5-15/h14H,1-8H2. The average Bonchev–Trinajstić information content (AvgIpc) is 2.74. The van der Waals surface area contributed by atoms with Gasteiger partial charge in [0.25, 0.3) is 0 Å². The highest BCUT2D eigenvalue weighted by atomic mass is 19.4. The number of carbonyl (C=O) groups is 1. The van der Waals surface area contributed by atoms with Crippen molar-refractivity contribution in [3.8, 4) is 0 Å². The van der Waals surface area contributed by atoms with Crippen LogP contribution in [0.15, 0.2) is 0 Å². The molecule has 0 aromatic heterocycles. The quantitative estimate of drug-likeness (QED) is 0.712. The van der Waals surface area contributed by atoms with Crippen molar-refractivity contribution in [2.45, 2.75) is 19.0 Å². The Morgan fingerprint density at radius 1 is 1.29 bits per heavy atom. The molecule has 0 bridgehead atoms. The highest BCUT2D eigenvalue weighted by Crippen LogP contribution is 2.13. The van der Waals surface area contributed by atoms with Gasteiger partial charge in [0.05, 0.1) is 13.2 Å². The second-order valence-electron chi connectivity index (χ2n) is 3.93. The molecule has 1 fully saturated rings. The molecule has 17 heavy (non-hydrogen) atoms. The Balaban J connectivity index is 1.95. The summed E-state index contributed by atoms with van der Waals surface area (Å²) in [7, 11) is 0. The van der Waals surface area contributed by atoms with Crippen molar-refractivity contribution in [1.82, 2.24) is 10.2 Å². The largest absolute Gasteiger partial charge is 0.411 e. The highest BCUT2D eigenvalue weighted by molar-refractivity contribution is 5.78. The summed E-state index contributed by atoms with van der Waals surface area (Å²) in [5.74, 6) is -0.00155. The molecular weight excluding hydrogens is 237 g/mol. The highest BCUT2D eigenvalue weighted by Gasteiger charge is 2.27. The van der Waals surface area contributed by atoms with Crippen LogP contribution in [-0.2, 0) is 9.53 Å². The van der Waals surface area contributed by atoms with Crippen LogP contribution in [0.5, 0.6) is 0 Å². The normalized spacial score (nSPS) is 16.5. The van der Waals surface area contributed by atoms with E-state index < -0.39 is 12.8 Å². The van der Waals surface area contributed by atoms with Crippen LogP contribution in [0.2, 0.25) is 0 Å². The van der Waals surface area contributed by atoms with Gasteiger partial charge in [-0.05, 0) is 12.8 Å². The van der Waals surface area contributed by atoms with Crippen LogP contribution < -0.4 is 5.32 Å². The number of halogens is 3. The molecule has 1 rings (SSSR count). The number of carbonyl (C=O) groups excluding carboxylic acids is 1. The van der Waals surface area contributed by atoms with Crippen LogP contribution in [-0.4, -0.2) is 56.4 Å². The first-order valence-corrected chi connectivity index (χ1v) is 5.62. The summed E-state index contributed by atoms with van der Waals surface area (Å²) in [6.45, 7) is 0.683. The molecule has 1 aliphatic rings. The first kappa shape index (κ1) is 14.2. The van der Waals surface area contributed by atoms with Crippen LogP contribution in [0.25, 0.3) is 0 Å². The summed E-state index contributed by atoms with van der Waals surface area (Å²) in [6.07, 6.45) is -2.23. The molecule has 0 unspecified atom stereocenters. The lowest BCUT2D eigenvalue weighted by atomic mass is 10.4. The lowest BCUT2D eigenvalue weighted by Crippen LogP contribution is -2.37. The van der Waals surface area contributed by atoms with Crippen molar-refractivity contribution in [2.75, 3.05) is 39.4 Å². The Hall–Kier alpha value is -0.820. The van der Waals surface area contributed by atoms with E-state index in [0.29, 0.717) is 0 Å². The zero-order chi connectivity index (χ0) is 12.7. The molecule has 1 N–H and O–H groups in total. The van der Waals surface area contributed by atoms with Crippen molar-refractivity contribution in [2.24, 2.45) is 0 Å². The molecule has 0 radical (unpaired) electrons. The number of nitrogens with one attached hydrogen (secondary N) is 1. The summed E-state index contributed by atoms with van der Waals surface area (Å²) in [5, 5.41) is 2.76. The van der Waals surface area contributed by atoms with E-state index >= 15 is 0 Å². The van der Waals surface area contributed by atoms with Crippen molar-refractivity contribution >= 4 is 5.91 Å². The number of rotatable bonds is 6. The van der Waals surface area contributed by atoms with E-state index in [2.05, 4.69) is 10.1 Å². The van der Waals surface area contributed by atoms with E-state index in [1.165, 1.54) is 0 Å². The minimum atomic E-state index is -4.29. The number of ether oxygens (including phenoxy) is 1. The molecule has 1 aliphatic heterocycles. The molecule has 0 atom stereocenters. The number of nitrogens with zero attached hydrogens (tertiary/aromatic N) is 1. The molecule has 0 saturated carbocycles. The SMILES string of the molecule is O=C(CNCCOCC(F)(F)F)N1CCCC1. The van der Waals surface area contributed by atoms with E-state index in [4.69, 9.17) is 0 Å². The minimum absolute atomic E-state index is 0.00155. The Kier molecular flexibility index (Phi) is 5.70. The third kappa shape index (κ3) is 6.48. The summed E-state index contributed by atoms with van der Waals surface area (Å²) in [6, 6.07) is 0. The zero-order valence-corrected chi connectivity index (χ0v) is 9.55. The molecule has 0 aliphatic carbocycles. The van der Waals surface area contributed by atoms with Gasteiger partial charge in [-0.15, -0.1) is 0 Å². The Bertz CT molecular complexity index is 240. The topological polar surface area (TPSA) is 41.6 Å². The van der Waals surface area contributed by atoms with E-state index in [1.807, 2.05) is 0 Å². The third-order valence-electron chi connectivity index (χ3n) is 2.42. The number of hydrogen-bond acceptors (Lipinski definition) is 3. The molecule has 0 aromatic rings. The fraction of sp³-hybridized carbons (Fsp3) is 0.900. The molecule has 0 aromatic carbocycles. The summed E-state index contributed by atoms with van der Waals surface area (Å²) < 4.78 is 39.5. The monoisotopic (exact) mass is 254 g/mol. The van der Waals surface area contributed by atoms with Gasteiger partial charge in [-0.2, -0.15) is 13.2 Å². The fourth-order valence-electron chi connectivity index (χ4n) is 1.61. The molecule has 100 valence electrons. The molecule has 7 heteroatoms. The van der Waals surface area contributed by atoms with Crippen molar-refractivity contribution in [3.05, 3.63) is 0 Å². The van der Waals surface area contributed by atoms with Crippen molar-refractivity contribution in [1.29, 1.82) is 0 Å². The predicted octanol–water partition coefficient (Wildman–Crippen LogP) is 0.777. The number of hydrogen-bond donors (Lipinski definition) is 1. The van der Waals surface area contributed by atoms with Crippen LogP contribution >= 0.6 is 0 Å². The second kappa shape index (κ2) is 6.80. The van der Waals surface area contributed by atoms with E-state index in [1.54, 1.807) is 4.90 Å². The maximum Gasteiger partial charge on any atom is 0.411 e. The van der Waals surface area contributed by atoms with Crippen LogP contribution in [0, 0.1) is 0 Å². The summed E-state index contributed by atoms with van der Waals surface area (Å²) in [4.78, 5) is 13.2. The van der Waals surface area contributed by atoms with Gasteiger partial charge in [0.1, 0.15) is 6.61 Å². The zero-order valence-electron chi connectivity index (χ0n) is 9.55. The summed E-state index contributed by atoms with van der Waals surface area (Å²) in [5.41, 5.74) is 0. The second-order valence-corrected chi connectivity index (χ2v) is 3.93.